The largest absolute Gasteiger partial charge is 0.377 e. The van der Waals surface area contributed by atoms with Crippen LogP contribution in [0.25, 0.3) is 0 Å². The van der Waals surface area contributed by atoms with Gasteiger partial charge >= 0.3 is 0 Å². The second kappa shape index (κ2) is 6.55. The summed E-state index contributed by atoms with van der Waals surface area (Å²) in [7, 11) is 0. The van der Waals surface area contributed by atoms with Crippen LogP contribution < -0.4 is 0 Å². The molecular formula is C17H23N3O3. The third kappa shape index (κ3) is 3.11. The molecule has 23 heavy (non-hydrogen) atoms. The van der Waals surface area contributed by atoms with Gasteiger partial charge in [-0.15, -0.1) is 0 Å². The molecule has 0 radical (unpaired) electrons. The first kappa shape index (κ1) is 15.1. The lowest BCUT2D eigenvalue weighted by Gasteiger charge is -2.40. The van der Waals surface area contributed by atoms with E-state index >= 15 is 0 Å². The number of likely N-dealkylation sites (tertiary alicyclic amines) is 1. The van der Waals surface area contributed by atoms with E-state index in [9.17, 15) is 4.79 Å². The van der Waals surface area contributed by atoms with Crippen molar-refractivity contribution >= 4 is 5.91 Å². The van der Waals surface area contributed by atoms with E-state index in [4.69, 9.17) is 9.57 Å². The van der Waals surface area contributed by atoms with Crippen molar-refractivity contribution in [1.82, 2.24) is 14.9 Å². The second-order valence-corrected chi connectivity index (χ2v) is 6.61. The fraction of sp³-hybridized carbons (Fsp3) is 0.647. The van der Waals surface area contributed by atoms with Gasteiger partial charge in [0, 0.05) is 38.4 Å². The number of rotatable bonds is 3. The SMILES string of the molecule is O=C([C@H]1CN(Cc2ccccn2)C[C@H]2OCC[C@@H]12)N1CCCO1. The maximum Gasteiger partial charge on any atom is 0.250 e. The van der Waals surface area contributed by atoms with Crippen LogP contribution in [-0.2, 0) is 20.9 Å². The summed E-state index contributed by atoms with van der Waals surface area (Å²) < 4.78 is 5.89. The lowest BCUT2D eigenvalue weighted by atomic mass is 9.82. The summed E-state index contributed by atoms with van der Waals surface area (Å²) >= 11 is 0. The van der Waals surface area contributed by atoms with Crippen LogP contribution in [0.4, 0.5) is 0 Å². The number of pyridine rings is 1. The van der Waals surface area contributed by atoms with Crippen molar-refractivity contribution in [3.63, 3.8) is 0 Å². The van der Waals surface area contributed by atoms with Gasteiger partial charge in [0.2, 0.25) is 0 Å². The summed E-state index contributed by atoms with van der Waals surface area (Å²) in [5, 5.41) is 1.57. The Bertz CT molecular complexity index is 547. The average molecular weight is 317 g/mol. The Balaban J connectivity index is 1.49. The normalized spacial score (nSPS) is 31.3. The number of hydrogen-bond donors (Lipinski definition) is 0. The molecule has 3 fully saturated rings. The molecule has 3 aliphatic heterocycles. The smallest absolute Gasteiger partial charge is 0.250 e. The van der Waals surface area contributed by atoms with Gasteiger partial charge in [-0.2, -0.15) is 0 Å². The molecule has 6 nitrogen and oxygen atoms in total. The molecule has 4 heterocycles. The van der Waals surface area contributed by atoms with Crippen LogP contribution in [0.5, 0.6) is 0 Å². The number of ether oxygens (including phenoxy) is 1. The van der Waals surface area contributed by atoms with Crippen molar-refractivity contribution < 1.29 is 14.4 Å². The highest BCUT2D eigenvalue weighted by molar-refractivity contribution is 5.79. The first-order chi connectivity index (χ1) is 11.3. The monoisotopic (exact) mass is 317 g/mol. The lowest BCUT2D eigenvalue weighted by Crippen LogP contribution is -2.52. The van der Waals surface area contributed by atoms with E-state index in [1.165, 1.54) is 0 Å². The summed E-state index contributed by atoms with van der Waals surface area (Å²) in [6.07, 6.45) is 3.88. The third-order valence-electron chi connectivity index (χ3n) is 5.10. The quantitative estimate of drug-likeness (QED) is 0.835. The summed E-state index contributed by atoms with van der Waals surface area (Å²) in [4.78, 5) is 25.0. The number of carbonyl (C=O) groups is 1. The highest BCUT2D eigenvalue weighted by Crippen LogP contribution is 2.35. The van der Waals surface area contributed by atoms with Crippen molar-refractivity contribution in [3.8, 4) is 0 Å². The van der Waals surface area contributed by atoms with Gasteiger partial charge < -0.3 is 4.74 Å². The Morgan fingerprint density at radius 2 is 2.26 bits per heavy atom. The van der Waals surface area contributed by atoms with E-state index in [2.05, 4.69) is 9.88 Å². The summed E-state index contributed by atoms with van der Waals surface area (Å²) in [6.45, 7) is 4.54. The number of fused-ring (bicyclic) bond motifs is 1. The molecule has 124 valence electrons. The van der Waals surface area contributed by atoms with Crippen molar-refractivity contribution in [1.29, 1.82) is 0 Å². The molecule has 0 aromatic carbocycles. The van der Waals surface area contributed by atoms with E-state index in [0.717, 1.165) is 44.8 Å². The predicted octanol–water partition coefficient (Wildman–Crippen LogP) is 1.08. The minimum atomic E-state index is -0.0296. The van der Waals surface area contributed by atoms with Crippen molar-refractivity contribution in [2.24, 2.45) is 11.8 Å². The Hall–Kier alpha value is -1.50. The number of hydroxylamine groups is 2. The van der Waals surface area contributed by atoms with Crippen LogP contribution in [-0.4, -0.2) is 59.8 Å². The fourth-order valence-electron chi connectivity index (χ4n) is 3.97. The van der Waals surface area contributed by atoms with Crippen LogP contribution in [0, 0.1) is 11.8 Å². The molecule has 0 bridgehead atoms. The van der Waals surface area contributed by atoms with E-state index in [1.807, 2.05) is 24.4 Å². The molecule has 0 saturated carbocycles. The summed E-state index contributed by atoms with van der Waals surface area (Å²) in [6, 6.07) is 5.96. The van der Waals surface area contributed by atoms with Gasteiger partial charge in [-0.25, -0.2) is 5.06 Å². The number of amides is 1. The van der Waals surface area contributed by atoms with Crippen LogP contribution >= 0.6 is 0 Å². The molecule has 0 N–H and O–H groups in total. The summed E-state index contributed by atoms with van der Waals surface area (Å²) in [5.41, 5.74) is 1.03. The zero-order chi connectivity index (χ0) is 15.6. The topological polar surface area (TPSA) is 54.9 Å². The molecule has 0 aliphatic carbocycles. The zero-order valence-corrected chi connectivity index (χ0v) is 13.3. The van der Waals surface area contributed by atoms with E-state index < -0.39 is 0 Å². The van der Waals surface area contributed by atoms with Crippen LogP contribution in [0.3, 0.4) is 0 Å². The van der Waals surface area contributed by atoms with Crippen LogP contribution in [0.15, 0.2) is 24.4 Å². The van der Waals surface area contributed by atoms with Gasteiger partial charge in [-0.1, -0.05) is 6.07 Å². The number of aromatic nitrogens is 1. The Labute approximate surface area is 136 Å². The lowest BCUT2D eigenvalue weighted by molar-refractivity contribution is -0.179. The van der Waals surface area contributed by atoms with Gasteiger partial charge in [-0.05, 0) is 25.0 Å². The average Bonchev–Trinajstić information content (AvgIpc) is 3.26. The summed E-state index contributed by atoms with van der Waals surface area (Å²) in [5.74, 6) is 0.429. The van der Waals surface area contributed by atoms with Crippen LogP contribution in [0.1, 0.15) is 18.5 Å². The zero-order valence-electron chi connectivity index (χ0n) is 13.3. The maximum absolute atomic E-state index is 12.8. The number of nitrogens with zero attached hydrogens (tertiary/aromatic N) is 3. The third-order valence-corrected chi connectivity index (χ3v) is 5.10. The molecule has 1 aromatic rings. The van der Waals surface area contributed by atoms with Crippen molar-refractivity contribution in [3.05, 3.63) is 30.1 Å². The van der Waals surface area contributed by atoms with E-state index in [0.29, 0.717) is 19.1 Å². The van der Waals surface area contributed by atoms with Gasteiger partial charge in [0.15, 0.2) is 0 Å². The molecule has 6 heteroatoms. The minimum absolute atomic E-state index is 0.0296. The van der Waals surface area contributed by atoms with E-state index in [-0.39, 0.29) is 17.9 Å². The maximum atomic E-state index is 12.8. The molecule has 1 aromatic heterocycles. The standard InChI is InChI=1S/C17H23N3O3/c21-17(20-7-3-8-23-20)15-11-19(10-13-4-1-2-6-18-13)12-16-14(15)5-9-22-16/h1-2,4,6,14-16H,3,5,7-12H2/t14-,15-,16+/m0/s1. The number of hydrogen-bond acceptors (Lipinski definition) is 5. The first-order valence-corrected chi connectivity index (χ1v) is 8.49. The minimum Gasteiger partial charge on any atom is -0.377 e. The van der Waals surface area contributed by atoms with Gasteiger partial charge in [0.1, 0.15) is 0 Å². The highest BCUT2D eigenvalue weighted by Gasteiger charge is 2.45. The molecule has 3 saturated heterocycles. The van der Waals surface area contributed by atoms with Gasteiger partial charge in [0.25, 0.3) is 5.91 Å². The second-order valence-electron chi connectivity index (χ2n) is 6.61. The number of piperidine rings is 1. The Kier molecular flexibility index (Phi) is 4.29. The molecule has 3 atom stereocenters. The predicted molar refractivity (Wildman–Crippen MR) is 83.1 cm³/mol. The van der Waals surface area contributed by atoms with E-state index in [1.54, 1.807) is 5.06 Å². The van der Waals surface area contributed by atoms with Crippen molar-refractivity contribution in [2.75, 3.05) is 32.8 Å². The fourth-order valence-corrected chi connectivity index (χ4v) is 3.97. The Morgan fingerprint density at radius 3 is 3.04 bits per heavy atom. The molecule has 0 spiro atoms. The molecule has 1 amide bonds. The Morgan fingerprint density at radius 1 is 1.30 bits per heavy atom. The van der Waals surface area contributed by atoms with Crippen molar-refractivity contribution in [2.45, 2.75) is 25.5 Å². The van der Waals surface area contributed by atoms with Gasteiger partial charge in [0.05, 0.1) is 30.9 Å². The molecule has 4 rings (SSSR count). The van der Waals surface area contributed by atoms with Gasteiger partial charge in [-0.3, -0.25) is 19.5 Å². The molecular weight excluding hydrogens is 294 g/mol. The first-order valence-electron chi connectivity index (χ1n) is 8.49. The highest BCUT2D eigenvalue weighted by atomic mass is 16.7. The molecule has 3 aliphatic rings. The van der Waals surface area contributed by atoms with Crippen LogP contribution in [0.2, 0.25) is 0 Å². The number of carbonyl (C=O) groups excluding carboxylic acids is 1. The molecule has 0 unspecified atom stereocenters.